The lowest BCUT2D eigenvalue weighted by Gasteiger charge is -2.10. The number of halogens is 1. The predicted octanol–water partition coefficient (Wildman–Crippen LogP) is 2.42. The minimum Gasteiger partial charge on any atom is -0.465 e. The van der Waals surface area contributed by atoms with E-state index in [4.69, 9.17) is 21.6 Å². The second kappa shape index (κ2) is 5.98. The predicted molar refractivity (Wildman–Crippen MR) is 63.1 cm³/mol. The lowest BCUT2D eigenvalue weighted by Crippen LogP contribution is -2.16. The van der Waals surface area contributed by atoms with Crippen LogP contribution in [0.3, 0.4) is 0 Å². The minimum absolute atomic E-state index is 0.0104. The van der Waals surface area contributed by atoms with Gasteiger partial charge in [0.05, 0.1) is 28.2 Å². The van der Waals surface area contributed by atoms with E-state index >= 15 is 0 Å². The Morgan fingerprint density at radius 3 is 2.83 bits per heavy atom. The first-order valence-electron chi connectivity index (χ1n) is 5.02. The number of rotatable bonds is 4. The van der Waals surface area contributed by atoms with E-state index in [2.05, 4.69) is 0 Å². The lowest BCUT2D eigenvalue weighted by molar-refractivity contribution is -0.385. The molecule has 0 heterocycles. The zero-order valence-corrected chi connectivity index (χ0v) is 10.2. The third-order valence-corrected chi connectivity index (χ3v) is 2.50. The molecule has 0 unspecified atom stereocenters. The van der Waals surface area contributed by atoms with Crippen molar-refractivity contribution in [1.82, 2.24) is 0 Å². The van der Waals surface area contributed by atoms with Gasteiger partial charge in [-0.3, -0.25) is 14.9 Å². The maximum atomic E-state index is 11.6. The van der Waals surface area contributed by atoms with Gasteiger partial charge in [0.1, 0.15) is 0 Å². The van der Waals surface area contributed by atoms with E-state index in [0.29, 0.717) is 0 Å². The first-order valence-corrected chi connectivity index (χ1v) is 5.39. The normalized spacial score (nSPS) is 11.4. The average Bonchev–Trinajstić information content (AvgIpc) is 2.32. The molecule has 0 saturated carbocycles. The zero-order valence-electron chi connectivity index (χ0n) is 9.42. The molecule has 94 valence electrons. The third-order valence-electron chi connectivity index (χ3n) is 2.17. The van der Waals surface area contributed by atoms with Crippen molar-refractivity contribution in [3.63, 3.8) is 0 Å². The summed E-state index contributed by atoms with van der Waals surface area (Å²) >= 11 is 5.83. The van der Waals surface area contributed by atoms with Crippen LogP contribution in [0.25, 0.3) is 0 Å². The van der Waals surface area contributed by atoms with Crippen LogP contribution < -0.4 is 0 Å². The van der Waals surface area contributed by atoms with E-state index in [1.54, 1.807) is 13.0 Å². The van der Waals surface area contributed by atoms with Crippen LogP contribution in [0.15, 0.2) is 18.2 Å². The Labute approximate surface area is 108 Å². The van der Waals surface area contributed by atoms with Gasteiger partial charge >= 0.3 is 5.97 Å². The number of esters is 1. The number of nitro benzene ring substituents is 1. The Hall–Kier alpha value is -2.13. The smallest absolute Gasteiger partial charge is 0.328 e. The fraction of sp³-hybridized carbons (Fsp3) is 0.273. The molecular weight excluding hydrogens is 260 g/mol. The van der Waals surface area contributed by atoms with E-state index < -0.39 is 16.8 Å². The maximum absolute atomic E-state index is 11.6. The Balaban J connectivity index is 3.34. The van der Waals surface area contributed by atoms with Crippen molar-refractivity contribution < 1.29 is 14.5 Å². The number of carbonyl (C=O) groups excluding carboxylic acids is 1. The molecule has 0 aliphatic rings. The number of ether oxygens (including phenoxy) is 1. The van der Waals surface area contributed by atoms with Gasteiger partial charge in [0.15, 0.2) is 5.92 Å². The first kappa shape index (κ1) is 13.9. The fourth-order valence-electron chi connectivity index (χ4n) is 1.43. The maximum Gasteiger partial charge on any atom is 0.328 e. The molecular formula is C11H9ClN2O4. The summed E-state index contributed by atoms with van der Waals surface area (Å²) in [6.07, 6.45) is 0. The Morgan fingerprint density at radius 2 is 2.33 bits per heavy atom. The quantitative estimate of drug-likeness (QED) is 0.475. The molecule has 1 aromatic carbocycles. The highest BCUT2D eigenvalue weighted by Gasteiger charge is 2.31. The van der Waals surface area contributed by atoms with Gasteiger partial charge in [-0.15, -0.1) is 0 Å². The van der Waals surface area contributed by atoms with Crippen LogP contribution in [0.4, 0.5) is 5.69 Å². The summed E-state index contributed by atoms with van der Waals surface area (Å²) in [5, 5.41) is 19.8. The number of benzene rings is 1. The molecule has 0 spiro atoms. The molecule has 0 bridgehead atoms. The lowest BCUT2D eigenvalue weighted by atomic mass is 9.99. The van der Waals surface area contributed by atoms with E-state index in [0.717, 1.165) is 0 Å². The van der Waals surface area contributed by atoms with E-state index in [-0.39, 0.29) is 22.9 Å². The van der Waals surface area contributed by atoms with Crippen molar-refractivity contribution in [2.24, 2.45) is 0 Å². The van der Waals surface area contributed by atoms with Gasteiger partial charge in [-0.2, -0.15) is 5.26 Å². The summed E-state index contributed by atoms with van der Waals surface area (Å²) < 4.78 is 4.70. The van der Waals surface area contributed by atoms with Gasteiger partial charge in [-0.25, -0.2) is 0 Å². The molecule has 0 saturated heterocycles. The molecule has 0 amide bonds. The van der Waals surface area contributed by atoms with Crippen LogP contribution in [0, 0.1) is 21.4 Å². The summed E-state index contributed by atoms with van der Waals surface area (Å²) in [7, 11) is 0. The highest BCUT2D eigenvalue weighted by atomic mass is 35.5. The van der Waals surface area contributed by atoms with Gasteiger partial charge < -0.3 is 4.74 Å². The molecule has 0 fully saturated rings. The summed E-state index contributed by atoms with van der Waals surface area (Å²) in [6, 6.07) is 5.62. The average molecular weight is 269 g/mol. The third kappa shape index (κ3) is 2.76. The molecule has 1 rings (SSSR count). The summed E-state index contributed by atoms with van der Waals surface area (Å²) in [4.78, 5) is 21.7. The summed E-state index contributed by atoms with van der Waals surface area (Å²) in [5.41, 5.74) is -0.507. The second-order valence-electron chi connectivity index (χ2n) is 3.24. The van der Waals surface area contributed by atoms with Crippen molar-refractivity contribution in [3.8, 4) is 6.07 Å². The van der Waals surface area contributed by atoms with Crippen LogP contribution in [-0.2, 0) is 9.53 Å². The van der Waals surface area contributed by atoms with Gasteiger partial charge in [0, 0.05) is 6.07 Å². The first-order chi connectivity index (χ1) is 8.52. The van der Waals surface area contributed by atoms with Gasteiger partial charge in [-0.1, -0.05) is 17.7 Å². The van der Waals surface area contributed by atoms with Gasteiger partial charge in [-0.05, 0) is 13.0 Å². The monoisotopic (exact) mass is 268 g/mol. The molecule has 6 nitrogen and oxygen atoms in total. The largest absolute Gasteiger partial charge is 0.465 e. The number of hydrogen-bond acceptors (Lipinski definition) is 5. The molecule has 0 aromatic heterocycles. The Morgan fingerprint density at radius 1 is 1.67 bits per heavy atom. The van der Waals surface area contributed by atoms with Crippen LogP contribution in [-0.4, -0.2) is 17.5 Å². The Bertz CT molecular complexity index is 524. The second-order valence-corrected chi connectivity index (χ2v) is 3.65. The van der Waals surface area contributed by atoms with Crippen LogP contribution in [0.1, 0.15) is 18.4 Å². The van der Waals surface area contributed by atoms with E-state index in [1.165, 1.54) is 18.2 Å². The molecule has 0 N–H and O–H groups in total. The summed E-state index contributed by atoms with van der Waals surface area (Å²) in [5.74, 6) is -2.25. The molecule has 18 heavy (non-hydrogen) atoms. The number of nitro groups is 1. The van der Waals surface area contributed by atoms with Crippen molar-refractivity contribution in [1.29, 1.82) is 5.26 Å². The highest BCUT2D eigenvalue weighted by Crippen LogP contribution is 2.33. The Kier molecular flexibility index (Phi) is 4.63. The molecule has 0 aliphatic carbocycles. The van der Waals surface area contributed by atoms with Crippen LogP contribution >= 0.6 is 11.6 Å². The molecule has 0 aliphatic heterocycles. The molecule has 0 radical (unpaired) electrons. The topological polar surface area (TPSA) is 93.2 Å². The number of nitrogens with zero attached hydrogens (tertiary/aromatic N) is 2. The molecule has 1 aromatic rings. The SMILES string of the molecule is CCOC(=O)[C@H](C#N)c1c(Cl)cccc1[N+](=O)[O-]. The number of carbonyl (C=O) groups is 1. The van der Waals surface area contributed by atoms with Crippen molar-refractivity contribution in [2.45, 2.75) is 12.8 Å². The fourth-order valence-corrected chi connectivity index (χ4v) is 1.71. The van der Waals surface area contributed by atoms with Gasteiger partial charge in [0.2, 0.25) is 0 Å². The van der Waals surface area contributed by atoms with Crippen molar-refractivity contribution >= 4 is 23.3 Å². The van der Waals surface area contributed by atoms with E-state index in [1.807, 2.05) is 0 Å². The van der Waals surface area contributed by atoms with Crippen LogP contribution in [0.5, 0.6) is 0 Å². The van der Waals surface area contributed by atoms with Crippen molar-refractivity contribution in [2.75, 3.05) is 6.61 Å². The highest BCUT2D eigenvalue weighted by molar-refractivity contribution is 6.32. The number of nitriles is 1. The zero-order chi connectivity index (χ0) is 13.7. The van der Waals surface area contributed by atoms with E-state index in [9.17, 15) is 14.9 Å². The van der Waals surface area contributed by atoms with Gasteiger partial charge in [0.25, 0.3) is 5.69 Å². The minimum atomic E-state index is -1.40. The van der Waals surface area contributed by atoms with Crippen molar-refractivity contribution in [3.05, 3.63) is 38.9 Å². The standard InChI is InChI=1S/C11H9ClN2O4/c1-2-18-11(15)7(6-13)10-8(12)4-3-5-9(10)14(16)17/h3-5,7H,2H2,1H3/t7-/m1/s1. The summed E-state index contributed by atoms with van der Waals surface area (Å²) in [6.45, 7) is 1.66. The molecule has 1 atom stereocenters. The number of hydrogen-bond donors (Lipinski definition) is 0. The molecule has 7 heteroatoms. The van der Waals surface area contributed by atoms with Crippen LogP contribution in [0.2, 0.25) is 5.02 Å².